The molecular weight excluding hydrogens is 304 g/mol. The van der Waals surface area contributed by atoms with Gasteiger partial charge in [-0.1, -0.05) is 51.1 Å². The molecule has 1 aromatic rings. The molecule has 1 aliphatic rings. The van der Waals surface area contributed by atoms with E-state index in [0.717, 1.165) is 18.4 Å². The van der Waals surface area contributed by atoms with Crippen LogP contribution in [0.2, 0.25) is 0 Å². The number of piperidine rings is 1. The number of aliphatic hydroxyl groups excluding tert-OH is 1. The van der Waals surface area contributed by atoms with Crippen LogP contribution in [0.3, 0.4) is 0 Å². The zero-order valence-corrected chi connectivity index (χ0v) is 14.8. The number of likely N-dealkylation sites (tertiary alicyclic amines) is 1. The summed E-state index contributed by atoms with van der Waals surface area (Å²) in [6, 6.07) is 9.03. The van der Waals surface area contributed by atoms with Gasteiger partial charge in [0.2, 0.25) is 11.8 Å². The van der Waals surface area contributed by atoms with Gasteiger partial charge in [-0.05, 0) is 18.4 Å². The van der Waals surface area contributed by atoms with Gasteiger partial charge in [0.1, 0.15) is 0 Å². The SMILES string of the molecule is CC(C)(C)C(=O)N1CCCC(C(=O)NC(CO)c2ccccc2)C1. The van der Waals surface area contributed by atoms with Gasteiger partial charge in [0.25, 0.3) is 0 Å². The maximum absolute atomic E-state index is 12.6. The lowest BCUT2D eigenvalue weighted by molar-refractivity contribution is -0.143. The summed E-state index contributed by atoms with van der Waals surface area (Å²) in [6.07, 6.45) is 1.60. The third kappa shape index (κ3) is 4.57. The van der Waals surface area contributed by atoms with Gasteiger partial charge in [0.05, 0.1) is 18.6 Å². The smallest absolute Gasteiger partial charge is 0.227 e. The van der Waals surface area contributed by atoms with Gasteiger partial charge in [-0.3, -0.25) is 9.59 Å². The molecule has 5 nitrogen and oxygen atoms in total. The third-order valence-corrected chi connectivity index (χ3v) is 4.42. The molecule has 1 aliphatic heterocycles. The van der Waals surface area contributed by atoms with Gasteiger partial charge in [0.15, 0.2) is 0 Å². The minimum atomic E-state index is -0.434. The number of nitrogens with zero attached hydrogens (tertiary/aromatic N) is 1. The van der Waals surface area contributed by atoms with E-state index in [2.05, 4.69) is 5.32 Å². The van der Waals surface area contributed by atoms with Crippen LogP contribution in [0.4, 0.5) is 0 Å². The molecule has 5 heteroatoms. The number of hydrogen-bond donors (Lipinski definition) is 2. The van der Waals surface area contributed by atoms with E-state index in [-0.39, 0.29) is 24.3 Å². The van der Waals surface area contributed by atoms with Crippen LogP contribution in [0.5, 0.6) is 0 Å². The quantitative estimate of drug-likeness (QED) is 0.887. The van der Waals surface area contributed by atoms with Crippen LogP contribution in [0.25, 0.3) is 0 Å². The molecule has 0 spiro atoms. The molecule has 2 rings (SSSR count). The molecule has 0 aliphatic carbocycles. The van der Waals surface area contributed by atoms with Crippen molar-refractivity contribution in [2.24, 2.45) is 11.3 Å². The van der Waals surface area contributed by atoms with E-state index >= 15 is 0 Å². The fourth-order valence-corrected chi connectivity index (χ4v) is 3.06. The molecule has 1 fully saturated rings. The van der Waals surface area contributed by atoms with Gasteiger partial charge in [-0.25, -0.2) is 0 Å². The zero-order chi connectivity index (χ0) is 17.7. The Balaban J connectivity index is 2.00. The molecule has 1 saturated heterocycles. The summed E-state index contributed by atoms with van der Waals surface area (Å²) < 4.78 is 0. The lowest BCUT2D eigenvalue weighted by atomic mass is 9.90. The van der Waals surface area contributed by atoms with Crippen molar-refractivity contribution in [3.63, 3.8) is 0 Å². The van der Waals surface area contributed by atoms with Gasteiger partial charge < -0.3 is 15.3 Å². The second kappa shape index (κ2) is 7.79. The predicted molar refractivity (Wildman–Crippen MR) is 93.2 cm³/mol. The Hall–Kier alpha value is -1.88. The summed E-state index contributed by atoms with van der Waals surface area (Å²) in [6.45, 7) is 6.71. The summed E-state index contributed by atoms with van der Waals surface area (Å²) >= 11 is 0. The molecule has 2 N–H and O–H groups in total. The van der Waals surface area contributed by atoms with Crippen molar-refractivity contribution in [1.29, 1.82) is 0 Å². The maximum atomic E-state index is 12.6. The van der Waals surface area contributed by atoms with Crippen molar-refractivity contribution in [2.75, 3.05) is 19.7 Å². The second-order valence-corrected chi connectivity index (χ2v) is 7.49. The monoisotopic (exact) mass is 332 g/mol. The number of hydrogen-bond acceptors (Lipinski definition) is 3. The maximum Gasteiger partial charge on any atom is 0.227 e. The van der Waals surface area contributed by atoms with Crippen molar-refractivity contribution in [3.05, 3.63) is 35.9 Å². The summed E-state index contributed by atoms with van der Waals surface area (Å²) in [4.78, 5) is 26.8. The largest absolute Gasteiger partial charge is 0.394 e. The fraction of sp³-hybridized carbons (Fsp3) is 0.579. The van der Waals surface area contributed by atoms with E-state index in [0.29, 0.717) is 13.1 Å². The van der Waals surface area contributed by atoms with E-state index in [1.807, 2.05) is 51.1 Å². The second-order valence-electron chi connectivity index (χ2n) is 7.49. The van der Waals surface area contributed by atoms with Crippen LogP contribution in [0, 0.1) is 11.3 Å². The van der Waals surface area contributed by atoms with E-state index in [1.54, 1.807) is 4.90 Å². The standard InChI is InChI=1S/C19H28N2O3/c1-19(2,3)18(24)21-11-7-10-15(12-21)17(23)20-16(13-22)14-8-5-4-6-9-14/h4-6,8-9,15-16,22H,7,10-13H2,1-3H3,(H,20,23). The van der Waals surface area contributed by atoms with Crippen LogP contribution < -0.4 is 5.32 Å². The minimum absolute atomic E-state index is 0.0850. The highest BCUT2D eigenvalue weighted by Gasteiger charge is 2.33. The molecule has 0 bridgehead atoms. The number of amides is 2. The van der Waals surface area contributed by atoms with Gasteiger partial charge in [-0.15, -0.1) is 0 Å². The van der Waals surface area contributed by atoms with Crippen molar-refractivity contribution >= 4 is 11.8 Å². The van der Waals surface area contributed by atoms with Crippen molar-refractivity contribution in [1.82, 2.24) is 10.2 Å². The molecular formula is C19H28N2O3. The average molecular weight is 332 g/mol. The Morgan fingerprint density at radius 2 is 1.96 bits per heavy atom. The fourth-order valence-electron chi connectivity index (χ4n) is 3.06. The van der Waals surface area contributed by atoms with Crippen LogP contribution in [0.1, 0.15) is 45.2 Å². The molecule has 2 amide bonds. The Bertz CT molecular complexity index is 566. The van der Waals surface area contributed by atoms with E-state index < -0.39 is 11.5 Å². The first-order chi connectivity index (χ1) is 11.3. The Labute approximate surface area is 144 Å². The normalized spacial score (nSPS) is 19.7. The van der Waals surface area contributed by atoms with Crippen molar-refractivity contribution < 1.29 is 14.7 Å². The van der Waals surface area contributed by atoms with E-state index in [9.17, 15) is 14.7 Å². The first-order valence-electron chi connectivity index (χ1n) is 8.58. The molecule has 1 heterocycles. The van der Waals surface area contributed by atoms with E-state index in [1.165, 1.54) is 0 Å². The Morgan fingerprint density at radius 3 is 2.54 bits per heavy atom. The first-order valence-corrected chi connectivity index (χ1v) is 8.58. The molecule has 24 heavy (non-hydrogen) atoms. The summed E-state index contributed by atoms with van der Waals surface area (Å²) in [5, 5.41) is 12.5. The number of rotatable bonds is 4. The summed E-state index contributed by atoms with van der Waals surface area (Å²) in [5.41, 5.74) is 0.447. The molecule has 0 saturated carbocycles. The number of benzene rings is 1. The van der Waals surface area contributed by atoms with Crippen LogP contribution in [-0.2, 0) is 9.59 Å². The van der Waals surface area contributed by atoms with Gasteiger partial charge in [-0.2, -0.15) is 0 Å². The minimum Gasteiger partial charge on any atom is -0.394 e. The number of aliphatic hydroxyl groups is 1. The van der Waals surface area contributed by atoms with Crippen LogP contribution in [0.15, 0.2) is 30.3 Å². The molecule has 1 aromatic carbocycles. The molecule has 132 valence electrons. The van der Waals surface area contributed by atoms with Gasteiger partial charge >= 0.3 is 0 Å². The highest BCUT2D eigenvalue weighted by atomic mass is 16.3. The van der Waals surface area contributed by atoms with Crippen molar-refractivity contribution in [3.8, 4) is 0 Å². The number of nitrogens with one attached hydrogen (secondary N) is 1. The molecule has 0 radical (unpaired) electrons. The number of carbonyl (C=O) groups excluding carboxylic acids is 2. The Morgan fingerprint density at radius 1 is 1.29 bits per heavy atom. The highest BCUT2D eigenvalue weighted by Crippen LogP contribution is 2.24. The third-order valence-electron chi connectivity index (χ3n) is 4.42. The number of carbonyl (C=O) groups is 2. The van der Waals surface area contributed by atoms with Crippen LogP contribution >= 0.6 is 0 Å². The summed E-state index contributed by atoms with van der Waals surface area (Å²) in [5.74, 6) is -0.228. The molecule has 2 unspecified atom stereocenters. The molecule has 0 aromatic heterocycles. The predicted octanol–water partition coefficient (Wildman–Crippen LogP) is 2.12. The average Bonchev–Trinajstić information content (AvgIpc) is 2.58. The topological polar surface area (TPSA) is 69.6 Å². The zero-order valence-electron chi connectivity index (χ0n) is 14.8. The molecule has 2 atom stereocenters. The summed E-state index contributed by atoms with van der Waals surface area (Å²) in [7, 11) is 0. The lowest BCUT2D eigenvalue weighted by Gasteiger charge is -2.36. The highest BCUT2D eigenvalue weighted by molar-refractivity contribution is 5.84. The van der Waals surface area contributed by atoms with Crippen molar-refractivity contribution in [2.45, 2.75) is 39.7 Å². The Kier molecular flexibility index (Phi) is 5.99. The van der Waals surface area contributed by atoms with Crippen LogP contribution in [-0.4, -0.2) is 41.5 Å². The lowest BCUT2D eigenvalue weighted by Crippen LogP contribution is -2.49. The first kappa shape index (κ1) is 18.5. The van der Waals surface area contributed by atoms with Gasteiger partial charge in [0, 0.05) is 18.5 Å². The van der Waals surface area contributed by atoms with E-state index in [4.69, 9.17) is 0 Å².